The van der Waals surface area contributed by atoms with Crippen molar-refractivity contribution >= 4 is 28.1 Å². The summed E-state index contributed by atoms with van der Waals surface area (Å²) >= 11 is 6.20. The number of fused-ring (bicyclic) bond motifs is 1. The smallest absolute Gasteiger partial charge is 0.269 e. The number of methoxy groups -OCH3 is 2. The largest absolute Gasteiger partial charge is 0.497 e. The van der Waals surface area contributed by atoms with Gasteiger partial charge in [0.15, 0.2) is 0 Å². The Morgan fingerprint density at radius 1 is 0.839 bits per heavy atom. The number of halogens is 1. The van der Waals surface area contributed by atoms with Gasteiger partial charge in [0.1, 0.15) is 23.0 Å². The van der Waals surface area contributed by atoms with Crippen LogP contribution in [-0.2, 0) is 0 Å². The minimum Gasteiger partial charge on any atom is -0.497 e. The van der Waals surface area contributed by atoms with E-state index in [1.54, 1.807) is 32.4 Å². The van der Waals surface area contributed by atoms with Gasteiger partial charge in [0.05, 0.1) is 24.2 Å². The van der Waals surface area contributed by atoms with Gasteiger partial charge in [-0.05, 0) is 59.5 Å². The molecule has 0 saturated heterocycles. The molecule has 156 valence electrons. The van der Waals surface area contributed by atoms with Crippen molar-refractivity contribution in [2.75, 3.05) is 14.2 Å². The molecule has 0 radical (unpaired) electrons. The van der Waals surface area contributed by atoms with Crippen LogP contribution in [0.25, 0.3) is 21.9 Å². The van der Waals surface area contributed by atoms with Crippen LogP contribution >= 0.6 is 11.6 Å². The van der Waals surface area contributed by atoms with Crippen molar-refractivity contribution in [1.29, 1.82) is 0 Å². The summed E-state index contributed by atoms with van der Waals surface area (Å²) in [6, 6.07) is 21.1. The maximum Gasteiger partial charge on any atom is 0.269 e. The number of ether oxygens (including phenoxy) is 3. The molecule has 0 amide bonds. The molecule has 0 bridgehead atoms. The number of rotatable bonds is 6. The van der Waals surface area contributed by atoms with Crippen molar-refractivity contribution in [1.82, 2.24) is 0 Å². The highest BCUT2D eigenvalue weighted by Crippen LogP contribution is 2.42. The number of nitro groups is 1. The zero-order chi connectivity index (χ0) is 22.0. The van der Waals surface area contributed by atoms with E-state index in [9.17, 15) is 10.1 Å². The van der Waals surface area contributed by atoms with E-state index in [1.165, 1.54) is 12.1 Å². The first-order chi connectivity index (χ1) is 15.0. The molecule has 0 fully saturated rings. The van der Waals surface area contributed by atoms with E-state index in [2.05, 4.69) is 0 Å². The van der Waals surface area contributed by atoms with Crippen molar-refractivity contribution in [3.63, 3.8) is 0 Å². The molecule has 0 aliphatic carbocycles. The van der Waals surface area contributed by atoms with Gasteiger partial charge in [0.2, 0.25) is 0 Å². The quantitative estimate of drug-likeness (QED) is 0.244. The van der Waals surface area contributed by atoms with Crippen LogP contribution in [0.1, 0.15) is 0 Å². The van der Waals surface area contributed by atoms with Gasteiger partial charge in [0, 0.05) is 23.1 Å². The van der Waals surface area contributed by atoms with Crippen molar-refractivity contribution in [2.24, 2.45) is 0 Å². The van der Waals surface area contributed by atoms with Crippen molar-refractivity contribution in [3.8, 4) is 34.1 Å². The fourth-order valence-corrected chi connectivity index (χ4v) is 3.52. The molecule has 0 atom stereocenters. The average molecular weight is 436 g/mol. The Balaban J connectivity index is 1.88. The first-order valence-electron chi connectivity index (χ1n) is 9.37. The van der Waals surface area contributed by atoms with Gasteiger partial charge < -0.3 is 14.2 Å². The van der Waals surface area contributed by atoms with Crippen molar-refractivity contribution in [3.05, 3.63) is 87.9 Å². The lowest BCUT2D eigenvalue weighted by Gasteiger charge is -2.16. The third-order valence-corrected chi connectivity index (χ3v) is 5.22. The van der Waals surface area contributed by atoms with E-state index < -0.39 is 4.92 Å². The van der Waals surface area contributed by atoms with Crippen LogP contribution in [0.15, 0.2) is 72.8 Å². The molecule has 31 heavy (non-hydrogen) atoms. The Morgan fingerprint density at radius 3 is 2.26 bits per heavy atom. The summed E-state index contributed by atoms with van der Waals surface area (Å²) in [5.41, 5.74) is 1.68. The van der Waals surface area contributed by atoms with Crippen LogP contribution in [0.2, 0.25) is 5.02 Å². The van der Waals surface area contributed by atoms with Gasteiger partial charge in [-0.25, -0.2) is 0 Å². The molecule has 0 heterocycles. The minimum absolute atomic E-state index is 0.00216. The first-order valence-corrected chi connectivity index (χ1v) is 9.75. The molecule has 0 unspecified atom stereocenters. The highest BCUT2D eigenvalue weighted by Gasteiger charge is 2.15. The van der Waals surface area contributed by atoms with Crippen LogP contribution in [0, 0.1) is 10.1 Å². The fourth-order valence-electron chi connectivity index (χ4n) is 3.32. The molecule has 0 saturated carbocycles. The zero-order valence-electron chi connectivity index (χ0n) is 16.8. The topological polar surface area (TPSA) is 70.8 Å². The lowest BCUT2D eigenvalue weighted by atomic mass is 9.99. The van der Waals surface area contributed by atoms with Gasteiger partial charge >= 0.3 is 0 Å². The van der Waals surface area contributed by atoms with E-state index in [1.807, 2.05) is 42.5 Å². The molecule has 0 aliphatic heterocycles. The Bertz CT molecular complexity index is 1270. The standard InChI is InChI=1S/C24H18ClNO5/c1-29-19-9-11-21-15(13-19)3-10-20(16-4-12-22(25)23(14-16)30-2)24(21)31-18-7-5-17(6-8-18)26(27)28/h3-14H,1-2H3. The summed E-state index contributed by atoms with van der Waals surface area (Å²) < 4.78 is 17.0. The van der Waals surface area contributed by atoms with E-state index >= 15 is 0 Å². The SMILES string of the molecule is COc1ccc2c(Oc3ccc([N+](=O)[O-])cc3)c(-c3ccc(Cl)c(OC)c3)ccc2c1. The zero-order valence-corrected chi connectivity index (χ0v) is 17.6. The highest BCUT2D eigenvalue weighted by molar-refractivity contribution is 6.32. The fraction of sp³-hybridized carbons (Fsp3) is 0.0833. The molecular formula is C24H18ClNO5. The van der Waals surface area contributed by atoms with E-state index in [0.717, 1.165) is 27.6 Å². The monoisotopic (exact) mass is 435 g/mol. The maximum absolute atomic E-state index is 11.0. The first kappa shape index (κ1) is 20.5. The number of non-ortho nitro benzene ring substituents is 1. The van der Waals surface area contributed by atoms with Crippen LogP contribution in [0.4, 0.5) is 5.69 Å². The van der Waals surface area contributed by atoms with Crippen LogP contribution in [0.5, 0.6) is 23.0 Å². The second kappa shape index (κ2) is 8.53. The van der Waals surface area contributed by atoms with Gasteiger partial charge in [-0.2, -0.15) is 0 Å². The summed E-state index contributed by atoms with van der Waals surface area (Å²) in [7, 11) is 3.18. The van der Waals surface area contributed by atoms with Gasteiger partial charge in [-0.1, -0.05) is 23.7 Å². The molecular weight excluding hydrogens is 418 g/mol. The Kier molecular flexibility index (Phi) is 5.64. The van der Waals surface area contributed by atoms with Crippen LogP contribution < -0.4 is 14.2 Å². The average Bonchev–Trinajstić information content (AvgIpc) is 2.79. The molecule has 0 spiro atoms. The predicted octanol–water partition coefficient (Wildman–Crippen LogP) is 6.88. The molecule has 7 heteroatoms. The Morgan fingerprint density at radius 2 is 1.58 bits per heavy atom. The van der Waals surface area contributed by atoms with E-state index in [0.29, 0.717) is 22.3 Å². The molecule has 6 nitrogen and oxygen atoms in total. The third kappa shape index (κ3) is 4.11. The Hall–Kier alpha value is -3.77. The summed E-state index contributed by atoms with van der Waals surface area (Å²) in [6.07, 6.45) is 0. The number of benzene rings is 4. The van der Waals surface area contributed by atoms with Crippen LogP contribution in [-0.4, -0.2) is 19.1 Å². The normalized spacial score (nSPS) is 10.7. The second-order valence-electron chi connectivity index (χ2n) is 6.73. The maximum atomic E-state index is 11.0. The third-order valence-electron chi connectivity index (χ3n) is 4.91. The minimum atomic E-state index is -0.445. The molecule has 4 rings (SSSR count). The molecule has 0 aromatic heterocycles. The summed E-state index contributed by atoms with van der Waals surface area (Å²) in [4.78, 5) is 10.5. The van der Waals surface area contributed by atoms with E-state index in [4.69, 9.17) is 25.8 Å². The predicted molar refractivity (Wildman–Crippen MR) is 121 cm³/mol. The second-order valence-corrected chi connectivity index (χ2v) is 7.14. The lowest BCUT2D eigenvalue weighted by molar-refractivity contribution is -0.384. The molecule has 4 aromatic carbocycles. The summed E-state index contributed by atoms with van der Waals surface area (Å²) in [6.45, 7) is 0. The summed E-state index contributed by atoms with van der Waals surface area (Å²) in [5.74, 6) is 2.37. The number of nitro benzene ring substituents is 1. The number of hydrogen-bond donors (Lipinski definition) is 0. The molecule has 0 aliphatic rings. The lowest BCUT2D eigenvalue weighted by Crippen LogP contribution is -1.93. The summed E-state index contributed by atoms with van der Waals surface area (Å²) in [5, 5.41) is 13.3. The Labute approximate surface area is 183 Å². The van der Waals surface area contributed by atoms with Crippen LogP contribution in [0.3, 0.4) is 0 Å². The molecule has 4 aromatic rings. The van der Waals surface area contributed by atoms with Gasteiger partial charge in [-0.15, -0.1) is 0 Å². The van der Waals surface area contributed by atoms with Gasteiger partial charge in [0.25, 0.3) is 5.69 Å². The molecule has 0 N–H and O–H groups in total. The highest BCUT2D eigenvalue weighted by atomic mass is 35.5. The number of nitrogens with zero attached hydrogens (tertiary/aromatic N) is 1. The van der Waals surface area contributed by atoms with E-state index in [-0.39, 0.29) is 5.69 Å². The van der Waals surface area contributed by atoms with Gasteiger partial charge in [-0.3, -0.25) is 10.1 Å². The number of hydrogen-bond acceptors (Lipinski definition) is 5. The van der Waals surface area contributed by atoms with Crippen molar-refractivity contribution < 1.29 is 19.1 Å². The van der Waals surface area contributed by atoms with Crippen molar-refractivity contribution in [2.45, 2.75) is 0 Å².